The Morgan fingerprint density at radius 3 is 2.77 bits per heavy atom. The Bertz CT molecular complexity index is 180. The third-order valence-electron chi connectivity index (χ3n) is 1.59. The van der Waals surface area contributed by atoms with Gasteiger partial charge in [0.1, 0.15) is 5.84 Å². The van der Waals surface area contributed by atoms with Crippen molar-refractivity contribution in [1.82, 2.24) is 5.32 Å². The maximum Gasteiger partial charge on any atom is 0.220 e. The second kappa shape index (κ2) is 7.39. The summed E-state index contributed by atoms with van der Waals surface area (Å²) in [6.45, 7) is 2.46. The summed E-state index contributed by atoms with van der Waals surface area (Å²) >= 11 is 0. The molecular formula is C8H17N3O2. The van der Waals surface area contributed by atoms with Crippen molar-refractivity contribution in [3.8, 4) is 0 Å². The van der Waals surface area contributed by atoms with E-state index in [2.05, 4.69) is 10.5 Å². The van der Waals surface area contributed by atoms with Gasteiger partial charge in [0.15, 0.2) is 0 Å². The van der Waals surface area contributed by atoms with E-state index in [1.165, 1.54) is 0 Å². The molecule has 0 rings (SSSR count). The Hall–Kier alpha value is -1.26. The molecule has 0 fully saturated rings. The molecule has 0 spiro atoms. The van der Waals surface area contributed by atoms with Crippen LogP contribution in [0.3, 0.4) is 0 Å². The number of nitrogens with zero attached hydrogens (tertiary/aromatic N) is 1. The summed E-state index contributed by atoms with van der Waals surface area (Å²) in [4.78, 5) is 11.0. The van der Waals surface area contributed by atoms with Gasteiger partial charge in [-0.05, 0) is 6.42 Å². The van der Waals surface area contributed by atoms with E-state index < -0.39 is 0 Å². The average Bonchev–Trinajstić information content (AvgIpc) is 2.14. The number of carbonyl (C=O) groups is 1. The van der Waals surface area contributed by atoms with Crippen LogP contribution in [0.15, 0.2) is 5.16 Å². The molecule has 0 bridgehead atoms. The van der Waals surface area contributed by atoms with Crippen molar-refractivity contribution in [1.29, 1.82) is 0 Å². The Kier molecular flexibility index (Phi) is 6.68. The Morgan fingerprint density at radius 2 is 2.23 bits per heavy atom. The van der Waals surface area contributed by atoms with E-state index >= 15 is 0 Å². The Labute approximate surface area is 78.0 Å². The van der Waals surface area contributed by atoms with Crippen molar-refractivity contribution in [3.63, 3.8) is 0 Å². The third kappa shape index (κ3) is 7.11. The number of unbranched alkanes of at least 4 members (excludes halogenated alkanes) is 1. The van der Waals surface area contributed by atoms with Crippen molar-refractivity contribution in [2.75, 3.05) is 6.54 Å². The fourth-order valence-corrected chi connectivity index (χ4v) is 0.806. The van der Waals surface area contributed by atoms with Crippen LogP contribution < -0.4 is 11.1 Å². The van der Waals surface area contributed by atoms with Crippen LogP contribution in [0.2, 0.25) is 0 Å². The molecule has 4 N–H and O–H groups in total. The summed E-state index contributed by atoms with van der Waals surface area (Å²) in [5.41, 5.74) is 5.21. The van der Waals surface area contributed by atoms with Crippen LogP contribution in [0.5, 0.6) is 0 Å². The number of hydrogen-bond acceptors (Lipinski definition) is 3. The van der Waals surface area contributed by atoms with Crippen molar-refractivity contribution in [2.45, 2.75) is 32.6 Å². The van der Waals surface area contributed by atoms with Gasteiger partial charge >= 0.3 is 0 Å². The number of hydrogen-bond donors (Lipinski definition) is 3. The fraction of sp³-hybridized carbons (Fsp3) is 0.750. The number of amides is 1. The van der Waals surface area contributed by atoms with Crippen LogP contribution in [-0.4, -0.2) is 23.5 Å². The molecule has 0 aromatic rings. The van der Waals surface area contributed by atoms with Gasteiger partial charge in [-0.2, -0.15) is 0 Å². The van der Waals surface area contributed by atoms with E-state index in [0.717, 1.165) is 12.8 Å². The largest absolute Gasteiger partial charge is 0.409 e. The number of nitrogens with two attached hydrogens (primary N) is 1. The second-order valence-corrected chi connectivity index (χ2v) is 2.79. The van der Waals surface area contributed by atoms with Crippen LogP contribution in [0.4, 0.5) is 0 Å². The molecule has 0 saturated carbocycles. The van der Waals surface area contributed by atoms with Gasteiger partial charge in [0.25, 0.3) is 0 Å². The minimum Gasteiger partial charge on any atom is -0.409 e. The standard InChI is InChI=1S/C8H17N3O2/c1-2-3-4-8(12)10-6-5-7(9)11-13/h13H,2-6H2,1H3,(H2,9,11)(H,10,12). The van der Waals surface area contributed by atoms with Gasteiger partial charge in [0, 0.05) is 19.4 Å². The van der Waals surface area contributed by atoms with Gasteiger partial charge in [-0.3, -0.25) is 4.79 Å². The topological polar surface area (TPSA) is 87.7 Å². The minimum absolute atomic E-state index is 0.0209. The zero-order valence-corrected chi connectivity index (χ0v) is 7.92. The molecule has 13 heavy (non-hydrogen) atoms. The van der Waals surface area contributed by atoms with Crippen molar-refractivity contribution in [2.24, 2.45) is 10.9 Å². The monoisotopic (exact) mass is 187 g/mol. The SMILES string of the molecule is CCCCC(=O)NCC/C(N)=N/O. The summed E-state index contributed by atoms with van der Waals surface area (Å²) in [7, 11) is 0. The maximum atomic E-state index is 11.0. The van der Waals surface area contributed by atoms with Crippen molar-refractivity contribution < 1.29 is 10.0 Å². The van der Waals surface area contributed by atoms with Crippen molar-refractivity contribution >= 4 is 11.7 Å². The molecule has 0 aromatic heterocycles. The molecule has 0 heterocycles. The zero-order valence-electron chi connectivity index (χ0n) is 7.92. The number of oxime groups is 1. The highest BCUT2D eigenvalue weighted by Gasteiger charge is 1.99. The first-order valence-electron chi connectivity index (χ1n) is 4.43. The van der Waals surface area contributed by atoms with Gasteiger partial charge in [-0.15, -0.1) is 0 Å². The van der Waals surface area contributed by atoms with Crippen molar-refractivity contribution in [3.05, 3.63) is 0 Å². The lowest BCUT2D eigenvalue weighted by Gasteiger charge is -2.02. The summed E-state index contributed by atoms with van der Waals surface area (Å²) in [5.74, 6) is 0.156. The molecule has 5 heteroatoms. The molecule has 5 nitrogen and oxygen atoms in total. The summed E-state index contributed by atoms with van der Waals surface area (Å²) < 4.78 is 0. The number of amidine groups is 1. The number of nitrogens with one attached hydrogen (secondary N) is 1. The highest BCUT2D eigenvalue weighted by molar-refractivity contribution is 5.81. The first-order chi connectivity index (χ1) is 6.20. The third-order valence-corrected chi connectivity index (χ3v) is 1.59. The van der Waals surface area contributed by atoms with E-state index in [1.807, 2.05) is 6.92 Å². The number of carbonyl (C=O) groups excluding carboxylic acids is 1. The lowest BCUT2D eigenvalue weighted by Crippen LogP contribution is -2.27. The normalized spacial score (nSPS) is 11.3. The molecule has 0 aromatic carbocycles. The highest BCUT2D eigenvalue weighted by atomic mass is 16.4. The first-order valence-corrected chi connectivity index (χ1v) is 4.43. The molecule has 0 unspecified atom stereocenters. The van der Waals surface area contributed by atoms with E-state index in [4.69, 9.17) is 10.9 Å². The Balaban J connectivity index is 3.37. The van der Waals surface area contributed by atoms with E-state index in [1.54, 1.807) is 0 Å². The maximum absolute atomic E-state index is 11.0. The van der Waals surface area contributed by atoms with Crippen LogP contribution in [0.25, 0.3) is 0 Å². The minimum atomic E-state index is 0.0209. The quantitative estimate of drug-likeness (QED) is 0.244. The number of rotatable bonds is 6. The Morgan fingerprint density at radius 1 is 1.54 bits per heavy atom. The first kappa shape index (κ1) is 11.7. The van der Waals surface area contributed by atoms with Gasteiger partial charge in [-0.1, -0.05) is 18.5 Å². The van der Waals surface area contributed by atoms with Gasteiger partial charge in [-0.25, -0.2) is 0 Å². The van der Waals surface area contributed by atoms with E-state index in [-0.39, 0.29) is 11.7 Å². The van der Waals surface area contributed by atoms with Crippen LogP contribution in [0, 0.1) is 0 Å². The molecule has 0 aliphatic heterocycles. The predicted molar refractivity (Wildman–Crippen MR) is 50.6 cm³/mol. The summed E-state index contributed by atoms with van der Waals surface area (Å²) in [5, 5.41) is 13.7. The van der Waals surface area contributed by atoms with Crippen LogP contribution in [-0.2, 0) is 4.79 Å². The van der Waals surface area contributed by atoms with Gasteiger partial charge < -0.3 is 16.3 Å². The lowest BCUT2D eigenvalue weighted by atomic mass is 10.2. The lowest BCUT2D eigenvalue weighted by molar-refractivity contribution is -0.121. The van der Waals surface area contributed by atoms with Gasteiger partial charge in [0.2, 0.25) is 5.91 Å². The molecule has 0 saturated heterocycles. The fourth-order valence-electron chi connectivity index (χ4n) is 0.806. The van der Waals surface area contributed by atoms with Crippen LogP contribution >= 0.6 is 0 Å². The summed E-state index contributed by atoms with van der Waals surface area (Å²) in [6.07, 6.45) is 2.84. The molecule has 0 radical (unpaired) electrons. The van der Waals surface area contributed by atoms with Gasteiger partial charge in [0.05, 0.1) is 0 Å². The smallest absolute Gasteiger partial charge is 0.220 e. The molecule has 0 aliphatic carbocycles. The molecule has 76 valence electrons. The summed E-state index contributed by atoms with van der Waals surface area (Å²) in [6, 6.07) is 0. The van der Waals surface area contributed by atoms with E-state index in [0.29, 0.717) is 19.4 Å². The molecule has 0 aliphatic rings. The van der Waals surface area contributed by atoms with E-state index in [9.17, 15) is 4.79 Å². The molecule has 1 amide bonds. The molecule has 0 atom stereocenters. The second-order valence-electron chi connectivity index (χ2n) is 2.79. The molecular weight excluding hydrogens is 170 g/mol. The predicted octanol–water partition coefficient (Wildman–Crippen LogP) is 0.429. The van der Waals surface area contributed by atoms with Crippen LogP contribution in [0.1, 0.15) is 32.6 Å². The highest BCUT2D eigenvalue weighted by Crippen LogP contribution is 1.92. The zero-order chi connectivity index (χ0) is 10.1. The average molecular weight is 187 g/mol.